The van der Waals surface area contributed by atoms with E-state index in [0.29, 0.717) is 12.1 Å². The maximum atomic E-state index is 12.1. The van der Waals surface area contributed by atoms with E-state index in [1.54, 1.807) is 0 Å². The van der Waals surface area contributed by atoms with Crippen LogP contribution in [0.1, 0.15) is 30.3 Å². The number of halogens is 1. The predicted octanol–water partition coefficient (Wildman–Crippen LogP) is 2.82. The Morgan fingerprint density at radius 1 is 1.47 bits per heavy atom. The molecule has 2 aromatic rings. The van der Waals surface area contributed by atoms with Gasteiger partial charge in [0, 0.05) is 17.4 Å². The minimum atomic E-state index is -0.489. The van der Waals surface area contributed by atoms with Gasteiger partial charge >= 0.3 is 0 Å². The van der Waals surface area contributed by atoms with Crippen LogP contribution in [0, 0.1) is 0 Å². The van der Waals surface area contributed by atoms with E-state index in [-0.39, 0.29) is 12.5 Å². The molecule has 0 radical (unpaired) electrons. The lowest BCUT2D eigenvalue weighted by molar-refractivity contribution is 0.0905. The predicted molar refractivity (Wildman–Crippen MR) is 79.2 cm³/mol. The van der Waals surface area contributed by atoms with Gasteiger partial charge in [0.2, 0.25) is 0 Å². The van der Waals surface area contributed by atoms with Crippen LogP contribution in [-0.2, 0) is 0 Å². The van der Waals surface area contributed by atoms with E-state index in [2.05, 4.69) is 26.2 Å². The second-order valence-corrected chi connectivity index (χ2v) is 5.31. The Bertz CT molecular complexity index is 580. The molecule has 1 unspecified atom stereocenters. The number of H-pyrrole nitrogens is 1. The zero-order valence-corrected chi connectivity index (χ0v) is 12.3. The average Bonchev–Trinajstić information content (AvgIpc) is 2.74. The van der Waals surface area contributed by atoms with Crippen LogP contribution in [0.25, 0.3) is 10.9 Å². The number of benzene rings is 1. The molecular formula is C14H17BrN2O2. The molecule has 1 aromatic carbocycles. The van der Waals surface area contributed by atoms with Crippen molar-refractivity contribution in [2.45, 2.75) is 25.9 Å². The summed E-state index contributed by atoms with van der Waals surface area (Å²) in [7, 11) is 0. The maximum absolute atomic E-state index is 12.1. The first-order valence-corrected chi connectivity index (χ1v) is 7.15. The van der Waals surface area contributed by atoms with Gasteiger partial charge in [-0.15, -0.1) is 0 Å². The van der Waals surface area contributed by atoms with Crippen LogP contribution in [0.15, 0.2) is 28.7 Å². The lowest BCUT2D eigenvalue weighted by Crippen LogP contribution is -2.32. The van der Waals surface area contributed by atoms with Gasteiger partial charge in [0.15, 0.2) is 0 Å². The molecule has 0 spiro atoms. The van der Waals surface area contributed by atoms with Crippen LogP contribution in [0.3, 0.4) is 0 Å². The lowest BCUT2D eigenvalue weighted by Gasteiger charge is -2.10. The van der Waals surface area contributed by atoms with Crippen molar-refractivity contribution in [1.82, 2.24) is 10.3 Å². The third kappa shape index (κ3) is 3.16. The molecule has 2 rings (SSSR count). The second-order valence-electron chi connectivity index (χ2n) is 4.51. The summed E-state index contributed by atoms with van der Waals surface area (Å²) in [5, 5.41) is 13.3. The van der Waals surface area contributed by atoms with Crippen molar-refractivity contribution in [2.75, 3.05) is 6.54 Å². The van der Waals surface area contributed by atoms with E-state index in [0.717, 1.165) is 21.8 Å². The molecule has 0 saturated heterocycles. The van der Waals surface area contributed by atoms with Crippen molar-refractivity contribution in [1.29, 1.82) is 0 Å². The zero-order valence-electron chi connectivity index (χ0n) is 10.7. The van der Waals surface area contributed by atoms with E-state index >= 15 is 0 Å². The molecule has 3 N–H and O–H groups in total. The zero-order chi connectivity index (χ0) is 13.8. The Morgan fingerprint density at radius 2 is 2.21 bits per heavy atom. The average molecular weight is 325 g/mol. The van der Waals surface area contributed by atoms with Crippen molar-refractivity contribution < 1.29 is 9.90 Å². The summed E-state index contributed by atoms with van der Waals surface area (Å²) in [6.07, 6.45) is 1.10. The Hall–Kier alpha value is -1.33. The number of aromatic nitrogens is 1. The fourth-order valence-corrected chi connectivity index (χ4v) is 2.62. The maximum Gasteiger partial charge on any atom is 0.269 e. The number of hydrogen-bond acceptors (Lipinski definition) is 2. The lowest BCUT2D eigenvalue weighted by atomic mass is 10.2. The Labute approximate surface area is 120 Å². The largest absolute Gasteiger partial charge is 0.391 e. The topological polar surface area (TPSA) is 65.1 Å². The molecule has 1 amide bonds. The number of carbonyl (C=O) groups excluding carboxylic acids is 1. The standard InChI is InChI=1S/C14H17BrN2O2/c1-2-5-9(18)8-16-14(19)13-12(15)10-6-3-4-7-11(10)17-13/h3-4,6-7,9,17-18H,2,5,8H2,1H3,(H,16,19). The number of hydrogen-bond donors (Lipinski definition) is 3. The molecule has 0 aliphatic carbocycles. The van der Waals surface area contributed by atoms with Crippen LogP contribution >= 0.6 is 15.9 Å². The fraction of sp³-hybridized carbons (Fsp3) is 0.357. The van der Waals surface area contributed by atoms with E-state index in [4.69, 9.17) is 0 Å². The van der Waals surface area contributed by atoms with Gasteiger partial charge < -0.3 is 15.4 Å². The van der Waals surface area contributed by atoms with Crippen molar-refractivity contribution in [3.8, 4) is 0 Å². The Balaban J connectivity index is 2.11. The van der Waals surface area contributed by atoms with Gasteiger partial charge in [-0.05, 0) is 28.4 Å². The first kappa shape index (κ1) is 14.1. The number of aliphatic hydroxyl groups is 1. The summed E-state index contributed by atoms with van der Waals surface area (Å²) in [6.45, 7) is 2.27. The van der Waals surface area contributed by atoms with E-state index in [9.17, 15) is 9.90 Å². The highest BCUT2D eigenvalue weighted by molar-refractivity contribution is 9.10. The first-order valence-electron chi connectivity index (χ1n) is 6.36. The molecule has 102 valence electrons. The highest BCUT2D eigenvalue weighted by Crippen LogP contribution is 2.27. The van der Waals surface area contributed by atoms with Gasteiger partial charge in [-0.1, -0.05) is 31.5 Å². The number of amides is 1. The third-order valence-corrected chi connectivity index (χ3v) is 3.81. The minimum absolute atomic E-state index is 0.210. The van der Waals surface area contributed by atoms with Gasteiger partial charge in [-0.3, -0.25) is 4.79 Å². The Kier molecular flexibility index (Phi) is 4.61. The quantitative estimate of drug-likeness (QED) is 0.791. The van der Waals surface area contributed by atoms with Crippen LogP contribution in [0.2, 0.25) is 0 Å². The highest BCUT2D eigenvalue weighted by Gasteiger charge is 2.16. The number of rotatable bonds is 5. The molecule has 5 heteroatoms. The SMILES string of the molecule is CCCC(O)CNC(=O)c1[nH]c2ccccc2c1Br. The summed E-state index contributed by atoms with van der Waals surface area (Å²) >= 11 is 3.44. The first-order chi connectivity index (χ1) is 9.13. The van der Waals surface area contributed by atoms with Gasteiger partial charge in [0.05, 0.1) is 10.6 Å². The highest BCUT2D eigenvalue weighted by atomic mass is 79.9. The number of fused-ring (bicyclic) bond motifs is 1. The summed E-state index contributed by atoms with van der Waals surface area (Å²) in [5.41, 5.74) is 1.40. The smallest absolute Gasteiger partial charge is 0.269 e. The molecule has 19 heavy (non-hydrogen) atoms. The monoisotopic (exact) mass is 324 g/mol. The molecule has 1 atom stereocenters. The van der Waals surface area contributed by atoms with E-state index < -0.39 is 6.10 Å². The number of aromatic amines is 1. The van der Waals surface area contributed by atoms with Crippen molar-refractivity contribution in [3.05, 3.63) is 34.4 Å². The van der Waals surface area contributed by atoms with Crippen LogP contribution < -0.4 is 5.32 Å². The molecule has 0 saturated carbocycles. The molecular weight excluding hydrogens is 308 g/mol. The van der Waals surface area contributed by atoms with Gasteiger partial charge in [-0.2, -0.15) is 0 Å². The Morgan fingerprint density at radius 3 is 2.89 bits per heavy atom. The van der Waals surface area contributed by atoms with E-state index in [1.807, 2.05) is 31.2 Å². The molecule has 1 aromatic heterocycles. The number of aliphatic hydroxyl groups excluding tert-OH is 1. The molecule has 0 fully saturated rings. The molecule has 0 bridgehead atoms. The summed E-state index contributed by atoms with van der Waals surface area (Å²) in [5.74, 6) is -0.210. The minimum Gasteiger partial charge on any atom is -0.391 e. The van der Waals surface area contributed by atoms with E-state index in [1.165, 1.54) is 0 Å². The van der Waals surface area contributed by atoms with Gasteiger partial charge in [0.1, 0.15) is 5.69 Å². The van der Waals surface area contributed by atoms with Crippen molar-refractivity contribution in [3.63, 3.8) is 0 Å². The van der Waals surface area contributed by atoms with Gasteiger partial charge in [-0.25, -0.2) is 0 Å². The van der Waals surface area contributed by atoms with Crippen LogP contribution in [-0.4, -0.2) is 28.6 Å². The third-order valence-electron chi connectivity index (χ3n) is 2.99. The van der Waals surface area contributed by atoms with Crippen molar-refractivity contribution >= 4 is 32.7 Å². The normalized spacial score (nSPS) is 12.6. The summed E-state index contributed by atoms with van der Waals surface area (Å²) in [4.78, 5) is 15.1. The fourth-order valence-electron chi connectivity index (χ4n) is 2.00. The summed E-state index contributed by atoms with van der Waals surface area (Å²) in [6, 6.07) is 7.70. The van der Waals surface area contributed by atoms with Crippen molar-refractivity contribution in [2.24, 2.45) is 0 Å². The number of carbonyl (C=O) groups is 1. The molecule has 1 heterocycles. The number of nitrogens with one attached hydrogen (secondary N) is 2. The van der Waals surface area contributed by atoms with Crippen LogP contribution in [0.5, 0.6) is 0 Å². The summed E-state index contributed by atoms with van der Waals surface area (Å²) < 4.78 is 0.755. The molecule has 0 aliphatic rings. The molecule has 0 aliphatic heterocycles. The second kappa shape index (κ2) is 6.21. The van der Waals surface area contributed by atoms with Gasteiger partial charge in [0.25, 0.3) is 5.91 Å². The molecule has 4 nitrogen and oxygen atoms in total. The number of para-hydroxylation sites is 1. The van der Waals surface area contributed by atoms with Crippen LogP contribution in [0.4, 0.5) is 0 Å².